The molecule has 0 atom stereocenters. The number of ether oxygens (including phenoxy) is 1. The van der Waals surface area contributed by atoms with E-state index in [9.17, 15) is 4.79 Å². The van der Waals surface area contributed by atoms with Crippen molar-refractivity contribution < 1.29 is 14.6 Å². The molecule has 1 heterocycles. The van der Waals surface area contributed by atoms with Crippen molar-refractivity contribution in [2.45, 2.75) is 52.0 Å². The Morgan fingerprint density at radius 3 is 2.40 bits per heavy atom. The van der Waals surface area contributed by atoms with Gasteiger partial charge in [-0.2, -0.15) is 0 Å². The topological polar surface area (TPSA) is 58.6 Å². The molecular weight excluding hydrogens is 194 g/mol. The summed E-state index contributed by atoms with van der Waals surface area (Å²) < 4.78 is 5.05. The maximum atomic E-state index is 9.87. The van der Waals surface area contributed by atoms with Crippen molar-refractivity contribution in [2.75, 3.05) is 13.3 Å². The third-order valence-corrected chi connectivity index (χ3v) is 2.11. The molecule has 1 aliphatic rings. The SMILES string of the molecule is CC1(C)COCN1.CCCCCC(=O)O. The molecule has 0 aliphatic carbocycles. The molecule has 0 aromatic carbocycles. The first-order chi connectivity index (χ1) is 6.98. The Balaban J connectivity index is 0.000000262. The molecule has 0 amide bonds. The molecule has 0 unspecified atom stereocenters. The number of hydrogen-bond acceptors (Lipinski definition) is 3. The summed E-state index contributed by atoms with van der Waals surface area (Å²) in [6.45, 7) is 7.86. The average Bonchev–Trinajstić information content (AvgIpc) is 2.51. The van der Waals surface area contributed by atoms with E-state index in [1.165, 1.54) is 0 Å². The second kappa shape index (κ2) is 7.65. The summed E-state index contributed by atoms with van der Waals surface area (Å²) in [7, 11) is 0. The van der Waals surface area contributed by atoms with Crippen molar-refractivity contribution in [2.24, 2.45) is 0 Å². The van der Waals surface area contributed by atoms with E-state index in [4.69, 9.17) is 9.84 Å². The van der Waals surface area contributed by atoms with Crippen molar-refractivity contribution >= 4 is 5.97 Å². The minimum atomic E-state index is -0.682. The first-order valence-electron chi connectivity index (χ1n) is 5.52. The van der Waals surface area contributed by atoms with Crippen LogP contribution in [0.15, 0.2) is 0 Å². The molecule has 15 heavy (non-hydrogen) atoms. The first-order valence-corrected chi connectivity index (χ1v) is 5.52. The lowest BCUT2D eigenvalue weighted by molar-refractivity contribution is -0.137. The van der Waals surface area contributed by atoms with E-state index in [2.05, 4.69) is 26.1 Å². The quantitative estimate of drug-likeness (QED) is 0.707. The number of nitrogens with one attached hydrogen (secondary N) is 1. The fourth-order valence-electron chi connectivity index (χ4n) is 1.13. The van der Waals surface area contributed by atoms with Crippen molar-refractivity contribution in [3.63, 3.8) is 0 Å². The maximum absolute atomic E-state index is 9.87. The normalized spacial score (nSPS) is 18.1. The Morgan fingerprint density at radius 1 is 1.47 bits per heavy atom. The van der Waals surface area contributed by atoms with Gasteiger partial charge in [-0.15, -0.1) is 0 Å². The molecule has 0 saturated carbocycles. The van der Waals surface area contributed by atoms with Crippen LogP contribution in [0.3, 0.4) is 0 Å². The van der Waals surface area contributed by atoms with Crippen molar-refractivity contribution in [1.29, 1.82) is 0 Å². The zero-order valence-corrected chi connectivity index (χ0v) is 10.0. The maximum Gasteiger partial charge on any atom is 0.303 e. The first kappa shape index (κ1) is 14.4. The lowest BCUT2D eigenvalue weighted by atomic mass is 10.1. The van der Waals surface area contributed by atoms with Gasteiger partial charge < -0.3 is 9.84 Å². The van der Waals surface area contributed by atoms with E-state index in [-0.39, 0.29) is 5.54 Å². The van der Waals surface area contributed by atoms with Gasteiger partial charge in [-0.05, 0) is 20.3 Å². The third-order valence-electron chi connectivity index (χ3n) is 2.11. The van der Waals surface area contributed by atoms with Gasteiger partial charge in [-0.25, -0.2) is 0 Å². The van der Waals surface area contributed by atoms with Gasteiger partial charge in [0.1, 0.15) is 0 Å². The van der Waals surface area contributed by atoms with Crippen molar-refractivity contribution in [3.8, 4) is 0 Å². The Hall–Kier alpha value is -0.610. The van der Waals surface area contributed by atoms with E-state index in [0.717, 1.165) is 25.9 Å². The molecule has 2 N–H and O–H groups in total. The Labute approximate surface area is 92.0 Å². The van der Waals surface area contributed by atoms with Crippen LogP contribution in [0.5, 0.6) is 0 Å². The zero-order chi connectivity index (χ0) is 11.7. The monoisotopic (exact) mass is 217 g/mol. The number of carbonyl (C=O) groups is 1. The smallest absolute Gasteiger partial charge is 0.303 e. The number of aliphatic carboxylic acids is 1. The molecule has 0 aromatic rings. The summed E-state index contributed by atoms with van der Waals surface area (Å²) in [5, 5.41) is 11.3. The van der Waals surface area contributed by atoms with Gasteiger partial charge in [-0.3, -0.25) is 10.1 Å². The van der Waals surface area contributed by atoms with Crippen molar-refractivity contribution in [1.82, 2.24) is 5.32 Å². The molecule has 0 spiro atoms. The predicted molar refractivity (Wildman–Crippen MR) is 59.8 cm³/mol. The minimum Gasteiger partial charge on any atom is -0.481 e. The van der Waals surface area contributed by atoms with Crippen LogP contribution in [0.2, 0.25) is 0 Å². The predicted octanol–water partition coefficient (Wildman–Crippen LogP) is 1.99. The second-order valence-electron chi connectivity index (χ2n) is 4.40. The Kier molecular flexibility index (Phi) is 7.34. The molecule has 0 aromatic heterocycles. The van der Waals surface area contributed by atoms with Gasteiger partial charge in [0.05, 0.1) is 13.3 Å². The summed E-state index contributed by atoms with van der Waals surface area (Å²) in [6, 6.07) is 0. The molecule has 90 valence electrons. The van der Waals surface area contributed by atoms with Gasteiger partial charge in [0.2, 0.25) is 0 Å². The fraction of sp³-hybridized carbons (Fsp3) is 0.909. The number of carboxylic acid groups (broad SMARTS) is 1. The van der Waals surface area contributed by atoms with Crippen LogP contribution in [-0.4, -0.2) is 30.0 Å². The second-order valence-corrected chi connectivity index (χ2v) is 4.40. The summed E-state index contributed by atoms with van der Waals surface area (Å²) in [5.41, 5.74) is 0.222. The summed E-state index contributed by atoms with van der Waals surface area (Å²) >= 11 is 0. The molecule has 4 nitrogen and oxygen atoms in total. The third kappa shape index (κ3) is 9.69. The largest absolute Gasteiger partial charge is 0.481 e. The number of carboxylic acids is 1. The van der Waals surface area contributed by atoms with E-state index >= 15 is 0 Å². The van der Waals surface area contributed by atoms with Crippen LogP contribution in [-0.2, 0) is 9.53 Å². The van der Waals surface area contributed by atoms with Gasteiger partial charge >= 0.3 is 5.97 Å². The summed E-state index contributed by atoms with van der Waals surface area (Å²) in [6.07, 6.45) is 3.28. The van der Waals surface area contributed by atoms with Crippen LogP contribution in [0.25, 0.3) is 0 Å². The van der Waals surface area contributed by atoms with Gasteiger partial charge in [0.25, 0.3) is 0 Å². The van der Waals surface area contributed by atoms with Gasteiger partial charge in [0, 0.05) is 12.0 Å². The summed E-state index contributed by atoms with van der Waals surface area (Å²) in [4.78, 5) is 9.87. The lowest BCUT2D eigenvalue weighted by Crippen LogP contribution is -2.34. The highest BCUT2D eigenvalue weighted by Crippen LogP contribution is 2.06. The van der Waals surface area contributed by atoms with Crippen LogP contribution >= 0.6 is 0 Å². The highest BCUT2D eigenvalue weighted by atomic mass is 16.5. The van der Waals surface area contributed by atoms with E-state index in [1.807, 2.05) is 0 Å². The van der Waals surface area contributed by atoms with E-state index < -0.39 is 5.97 Å². The molecule has 0 radical (unpaired) electrons. The zero-order valence-electron chi connectivity index (χ0n) is 10.0. The molecule has 4 heteroatoms. The summed E-state index contributed by atoms with van der Waals surface area (Å²) in [5.74, 6) is -0.682. The molecule has 0 bridgehead atoms. The molecule has 1 saturated heterocycles. The number of rotatable bonds is 4. The van der Waals surface area contributed by atoms with Crippen LogP contribution < -0.4 is 5.32 Å². The van der Waals surface area contributed by atoms with Crippen LogP contribution in [0.1, 0.15) is 46.5 Å². The average molecular weight is 217 g/mol. The molecule has 1 rings (SSSR count). The van der Waals surface area contributed by atoms with E-state index in [1.54, 1.807) is 0 Å². The molecule has 1 fully saturated rings. The van der Waals surface area contributed by atoms with Crippen LogP contribution in [0.4, 0.5) is 0 Å². The lowest BCUT2D eigenvalue weighted by Gasteiger charge is -2.12. The van der Waals surface area contributed by atoms with Crippen LogP contribution in [0, 0.1) is 0 Å². The van der Waals surface area contributed by atoms with E-state index in [0.29, 0.717) is 13.2 Å². The highest BCUT2D eigenvalue weighted by Gasteiger charge is 2.21. The minimum absolute atomic E-state index is 0.222. The molecule has 1 aliphatic heterocycles. The van der Waals surface area contributed by atoms with Crippen molar-refractivity contribution in [3.05, 3.63) is 0 Å². The molecular formula is C11H23NO3. The fourth-order valence-corrected chi connectivity index (χ4v) is 1.13. The standard InChI is InChI=1S/C6H12O2.C5H11NO/c1-2-3-4-5-6(7)8;1-5(2)3-7-4-6-5/h2-5H2,1H3,(H,7,8);6H,3-4H2,1-2H3. The highest BCUT2D eigenvalue weighted by molar-refractivity contribution is 5.66. The Morgan fingerprint density at radius 2 is 2.13 bits per heavy atom. The number of hydrogen-bond donors (Lipinski definition) is 2. The Bertz CT molecular complexity index is 173. The van der Waals surface area contributed by atoms with Gasteiger partial charge in [-0.1, -0.05) is 19.8 Å². The number of unbranched alkanes of at least 4 members (excludes halogenated alkanes) is 2. The van der Waals surface area contributed by atoms with Gasteiger partial charge in [0.15, 0.2) is 0 Å².